The van der Waals surface area contributed by atoms with Gasteiger partial charge in [0.1, 0.15) is 12.3 Å². The van der Waals surface area contributed by atoms with Crippen LogP contribution in [-0.2, 0) is 6.42 Å². The highest BCUT2D eigenvalue weighted by Crippen LogP contribution is 2.62. The van der Waals surface area contributed by atoms with Crippen LogP contribution in [0.4, 0.5) is 40.1 Å². The molecule has 4 aromatic carbocycles. The molecule has 0 N–H and O–H groups in total. The first-order chi connectivity index (χ1) is 23.0. The minimum absolute atomic E-state index is 0.0905. The number of anilines is 7. The van der Waals surface area contributed by atoms with Crippen molar-refractivity contribution in [2.45, 2.75) is 58.3 Å². The Kier molecular flexibility index (Phi) is 7.05. The van der Waals surface area contributed by atoms with Crippen LogP contribution in [0.5, 0.6) is 0 Å². The molecule has 4 unspecified atom stereocenters. The molecule has 8 rings (SSSR count). The lowest BCUT2D eigenvalue weighted by molar-refractivity contribution is 0.135. The van der Waals surface area contributed by atoms with E-state index in [1.54, 1.807) is 0 Å². The number of para-hydroxylation sites is 5. The Morgan fingerprint density at radius 3 is 2.13 bits per heavy atom. The van der Waals surface area contributed by atoms with Gasteiger partial charge < -0.3 is 19.6 Å². The van der Waals surface area contributed by atoms with Gasteiger partial charge in [0.05, 0.1) is 29.0 Å². The van der Waals surface area contributed by atoms with Gasteiger partial charge in [-0.25, -0.2) is 9.97 Å². The second-order valence-corrected chi connectivity index (χ2v) is 13.1. The number of aryl methyl sites for hydroxylation is 1. The normalized spacial score (nSPS) is 22.5. The summed E-state index contributed by atoms with van der Waals surface area (Å²) in [5.41, 5.74) is 9.40. The fourth-order valence-corrected chi connectivity index (χ4v) is 8.70. The molecule has 47 heavy (non-hydrogen) atoms. The van der Waals surface area contributed by atoms with Gasteiger partial charge in [-0.3, -0.25) is 0 Å². The first-order valence-corrected chi connectivity index (χ1v) is 16.9. The summed E-state index contributed by atoms with van der Waals surface area (Å²) in [6.07, 6.45) is 6.64. The van der Waals surface area contributed by atoms with E-state index < -0.39 is 0 Å². The van der Waals surface area contributed by atoms with Crippen LogP contribution in [-0.4, -0.2) is 29.3 Å². The predicted molar refractivity (Wildman–Crippen MR) is 195 cm³/mol. The zero-order valence-corrected chi connectivity index (χ0v) is 27.7. The molecular weight excluding hydrogens is 576 g/mol. The van der Waals surface area contributed by atoms with E-state index in [1.165, 1.54) is 22.6 Å². The van der Waals surface area contributed by atoms with Gasteiger partial charge in [0.15, 0.2) is 11.6 Å². The second kappa shape index (κ2) is 11.3. The fourth-order valence-electron chi connectivity index (χ4n) is 8.70. The van der Waals surface area contributed by atoms with Crippen LogP contribution < -0.4 is 19.6 Å². The molecule has 0 amide bonds. The SMILES string of the molecule is C=Cc1ccccc1N1c2ncc(CC)nc2N(c2ccccc2)C1CC1(CC)C(C)c2ccccc2N2c3ccccc3N(C)C21. The molecule has 0 spiro atoms. The summed E-state index contributed by atoms with van der Waals surface area (Å²) in [6.45, 7) is 11.2. The van der Waals surface area contributed by atoms with Crippen LogP contribution in [0, 0.1) is 5.41 Å². The van der Waals surface area contributed by atoms with Crippen molar-refractivity contribution in [3.05, 3.63) is 133 Å². The van der Waals surface area contributed by atoms with Gasteiger partial charge in [0.2, 0.25) is 0 Å². The summed E-state index contributed by atoms with van der Waals surface area (Å²) in [5, 5.41) is 0. The van der Waals surface area contributed by atoms with Crippen LogP contribution in [0.25, 0.3) is 6.08 Å². The molecule has 4 atom stereocenters. The molecule has 3 aliphatic rings. The number of aromatic nitrogens is 2. The molecule has 6 heteroatoms. The zero-order chi connectivity index (χ0) is 32.3. The van der Waals surface area contributed by atoms with Crippen molar-refractivity contribution in [2.75, 3.05) is 26.6 Å². The maximum absolute atomic E-state index is 5.30. The van der Waals surface area contributed by atoms with E-state index in [2.05, 4.69) is 157 Å². The molecule has 0 aliphatic carbocycles. The Labute approximate surface area is 278 Å². The molecule has 0 fully saturated rings. The maximum atomic E-state index is 5.30. The van der Waals surface area contributed by atoms with Gasteiger partial charge in [0.25, 0.3) is 0 Å². The van der Waals surface area contributed by atoms with E-state index in [9.17, 15) is 0 Å². The Morgan fingerprint density at radius 1 is 0.745 bits per heavy atom. The quantitative estimate of drug-likeness (QED) is 0.181. The van der Waals surface area contributed by atoms with Gasteiger partial charge >= 0.3 is 0 Å². The smallest absolute Gasteiger partial charge is 0.178 e. The Hall–Kier alpha value is -5.10. The van der Waals surface area contributed by atoms with E-state index in [4.69, 9.17) is 9.97 Å². The van der Waals surface area contributed by atoms with Gasteiger partial charge in [-0.2, -0.15) is 0 Å². The third-order valence-corrected chi connectivity index (χ3v) is 11.0. The van der Waals surface area contributed by atoms with Gasteiger partial charge in [0, 0.05) is 23.8 Å². The Balaban J connectivity index is 1.38. The highest BCUT2D eigenvalue weighted by atomic mass is 15.5. The van der Waals surface area contributed by atoms with Crippen LogP contribution in [0.15, 0.2) is 116 Å². The zero-order valence-electron chi connectivity index (χ0n) is 27.7. The van der Waals surface area contributed by atoms with Crippen molar-refractivity contribution in [3.8, 4) is 0 Å². The highest BCUT2D eigenvalue weighted by molar-refractivity contribution is 5.88. The van der Waals surface area contributed by atoms with E-state index in [0.29, 0.717) is 0 Å². The topological polar surface area (TPSA) is 38.7 Å². The molecule has 0 saturated carbocycles. The standard InChI is InChI=1S/C41H42N6/c1-6-29-18-12-14-22-33(29)47-37(45(31-19-10-9-11-20-31)39-38(47)42-27-30(7-2)43-39)26-41(8-3)28(4)32-21-13-15-23-34(32)46-36-25-17-16-24-35(36)44(5)40(41)46/h6,9-25,27-28,37,40H,1,7-8,26H2,2-5H3. The lowest BCUT2D eigenvalue weighted by atomic mass is 9.63. The largest absolute Gasteiger partial charge is 0.352 e. The van der Waals surface area contributed by atoms with Crippen molar-refractivity contribution >= 4 is 46.1 Å². The van der Waals surface area contributed by atoms with Crippen molar-refractivity contribution in [3.63, 3.8) is 0 Å². The molecule has 0 saturated heterocycles. The van der Waals surface area contributed by atoms with Gasteiger partial charge in [-0.15, -0.1) is 0 Å². The van der Waals surface area contributed by atoms with Crippen molar-refractivity contribution in [1.82, 2.24) is 9.97 Å². The van der Waals surface area contributed by atoms with Crippen LogP contribution in [0.1, 0.15) is 56.4 Å². The number of fused-ring (bicyclic) bond motifs is 6. The summed E-state index contributed by atoms with van der Waals surface area (Å²) in [6, 6.07) is 37.3. The number of rotatable bonds is 7. The number of nitrogens with zero attached hydrogens (tertiary/aromatic N) is 6. The first-order valence-electron chi connectivity index (χ1n) is 16.9. The summed E-state index contributed by atoms with van der Waals surface area (Å²) < 4.78 is 0. The summed E-state index contributed by atoms with van der Waals surface area (Å²) in [5.74, 6) is 2.08. The summed E-state index contributed by atoms with van der Waals surface area (Å²) in [7, 11) is 2.29. The van der Waals surface area contributed by atoms with E-state index in [-0.39, 0.29) is 23.7 Å². The minimum atomic E-state index is -0.156. The molecule has 0 radical (unpaired) electrons. The lowest BCUT2D eigenvalue weighted by Gasteiger charge is -2.55. The van der Waals surface area contributed by atoms with E-state index >= 15 is 0 Å². The van der Waals surface area contributed by atoms with Gasteiger partial charge in [-0.05, 0) is 72.7 Å². The van der Waals surface area contributed by atoms with E-state index in [1.807, 2.05) is 12.3 Å². The first kappa shape index (κ1) is 29.3. The summed E-state index contributed by atoms with van der Waals surface area (Å²) in [4.78, 5) is 20.5. The monoisotopic (exact) mass is 618 g/mol. The average molecular weight is 619 g/mol. The molecule has 6 nitrogen and oxygen atoms in total. The van der Waals surface area contributed by atoms with Crippen molar-refractivity contribution < 1.29 is 0 Å². The summed E-state index contributed by atoms with van der Waals surface area (Å²) >= 11 is 0. The molecular formula is C41H42N6. The predicted octanol–water partition coefficient (Wildman–Crippen LogP) is 9.82. The molecule has 4 heterocycles. The van der Waals surface area contributed by atoms with Crippen LogP contribution >= 0.6 is 0 Å². The molecule has 0 bridgehead atoms. The number of hydrogen-bond donors (Lipinski definition) is 0. The molecule has 1 aromatic heterocycles. The number of hydrogen-bond acceptors (Lipinski definition) is 6. The molecule has 3 aliphatic heterocycles. The maximum Gasteiger partial charge on any atom is 0.178 e. The van der Waals surface area contributed by atoms with Crippen molar-refractivity contribution in [2.24, 2.45) is 5.41 Å². The average Bonchev–Trinajstić information content (AvgIpc) is 3.61. The van der Waals surface area contributed by atoms with Crippen LogP contribution in [0.3, 0.4) is 0 Å². The second-order valence-electron chi connectivity index (χ2n) is 13.1. The fraction of sp³-hybridized carbons (Fsp3) is 0.268. The third-order valence-electron chi connectivity index (χ3n) is 11.0. The highest BCUT2D eigenvalue weighted by Gasteiger charge is 2.58. The Morgan fingerprint density at radius 2 is 1.40 bits per heavy atom. The Bertz CT molecular complexity index is 1960. The minimum Gasteiger partial charge on any atom is -0.352 e. The molecule has 236 valence electrons. The van der Waals surface area contributed by atoms with E-state index in [0.717, 1.165) is 53.5 Å². The lowest BCUT2D eigenvalue weighted by Crippen LogP contribution is -2.59. The van der Waals surface area contributed by atoms with Crippen molar-refractivity contribution in [1.29, 1.82) is 0 Å². The third kappa shape index (κ3) is 4.23. The number of benzene rings is 4. The van der Waals surface area contributed by atoms with Gasteiger partial charge in [-0.1, -0.05) is 100 Å². The molecule has 5 aromatic rings. The van der Waals surface area contributed by atoms with Crippen LogP contribution in [0.2, 0.25) is 0 Å².